The summed E-state index contributed by atoms with van der Waals surface area (Å²) in [7, 11) is 0. The topological polar surface area (TPSA) is 12.5 Å². The minimum atomic E-state index is 0.271. The summed E-state index contributed by atoms with van der Waals surface area (Å²) in [5.74, 6) is 0. The molecular formula is C9H17NO. The van der Waals surface area contributed by atoms with E-state index < -0.39 is 0 Å². The molecule has 0 aromatic rings. The van der Waals surface area contributed by atoms with Crippen molar-refractivity contribution in [1.29, 1.82) is 0 Å². The van der Waals surface area contributed by atoms with Gasteiger partial charge in [-0.1, -0.05) is 0 Å². The van der Waals surface area contributed by atoms with Gasteiger partial charge in [-0.3, -0.25) is 0 Å². The number of fused-ring (bicyclic) bond motifs is 2. The van der Waals surface area contributed by atoms with E-state index in [1.807, 2.05) is 0 Å². The van der Waals surface area contributed by atoms with Crippen LogP contribution in [0.5, 0.6) is 0 Å². The average Bonchev–Trinajstić information content (AvgIpc) is 2.28. The zero-order valence-corrected chi connectivity index (χ0v) is 7.31. The van der Waals surface area contributed by atoms with Crippen LogP contribution in [0.25, 0.3) is 0 Å². The van der Waals surface area contributed by atoms with Crippen molar-refractivity contribution in [2.75, 3.05) is 26.2 Å². The summed E-state index contributed by atoms with van der Waals surface area (Å²) in [6, 6.07) is 0. The molecule has 0 aromatic heterocycles. The van der Waals surface area contributed by atoms with E-state index in [-0.39, 0.29) is 5.60 Å². The van der Waals surface area contributed by atoms with E-state index in [0.717, 1.165) is 6.61 Å². The molecule has 0 N–H and O–H groups in total. The van der Waals surface area contributed by atoms with Crippen LogP contribution in [0, 0.1) is 0 Å². The van der Waals surface area contributed by atoms with Crippen LogP contribution in [0.2, 0.25) is 0 Å². The predicted octanol–water partition coefficient (Wildman–Crippen LogP) is 1.26. The largest absolute Gasteiger partial charge is 0.374 e. The molecule has 11 heavy (non-hydrogen) atoms. The van der Waals surface area contributed by atoms with Gasteiger partial charge >= 0.3 is 0 Å². The second kappa shape index (κ2) is 2.76. The van der Waals surface area contributed by atoms with Gasteiger partial charge in [-0.25, -0.2) is 0 Å². The summed E-state index contributed by atoms with van der Waals surface area (Å²) in [6.07, 6.45) is 3.89. The Labute approximate surface area is 68.5 Å². The van der Waals surface area contributed by atoms with Gasteiger partial charge in [-0.15, -0.1) is 0 Å². The maximum atomic E-state index is 5.82. The fourth-order valence-corrected chi connectivity index (χ4v) is 2.44. The summed E-state index contributed by atoms with van der Waals surface area (Å²) in [6.45, 7) is 6.75. The molecule has 0 aromatic carbocycles. The number of rotatable bonds is 2. The standard InChI is InChI=1S/C9H17NO/c1-2-11-9-4-3-6-10(8-9)7-5-9/h2-8H2,1H3. The fourth-order valence-electron chi connectivity index (χ4n) is 2.44. The summed E-state index contributed by atoms with van der Waals surface area (Å²) in [5.41, 5.74) is 0.271. The van der Waals surface area contributed by atoms with Crippen molar-refractivity contribution in [1.82, 2.24) is 4.90 Å². The maximum Gasteiger partial charge on any atom is 0.0821 e. The first-order valence-corrected chi connectivity index (χ1v) is 4.71. The summed E-state index contributed by atoms with van der Waals surface area (Å²) < 4.78 is 5.82. The van der Waals surface area contributed by atoms with Crippen LogP contribution in [0.15, 0.2) is 0 Å². The molecular weight excluding hydrogens is 138 g/mol. The molecule has 2 heteroatoms. The Bertz CT molecular complexity index is 139. The normalized spacial score (nSPS) is 42.8. The van der Waals surface area contributed by atoms with Gasteiger partial charge in [0.25, 0.3) is 0 Å². The first kappa shape index (κ1) is 7.56. The van der Waals surface area contributed by atoms with Crippen molar-refractivity contribution in [2.45, 2.75) is 31.8 Å². The molecule has 2 nitrogen and oxygen atoms in total. The van der Waals surface area contributed by atoms with Crippen molar-refractivity contribution in [2.24, 2.45) is 0 Å². The highest BCUT2D eigenvalue weighted by atomic mass is 16.5. The Morgan fingerprint density at radius 2 is 2.27 bits per heavy atom. The van der Waals surface area contributed by atoms with Crippen molar-refractivity contribution < 1.29 is 4.74 Å². The van der Waals surface area contributed by atoms with Crippen molar-refractivity contribution >= 4 is 0 Å². The Balaban J connectivity index is 2.01. The number of hydrogen-bond donors (Lipinski definition) is 0. The van der Waals surface area contributed by atoms with Crippen molar-refractivity contribution in [3.63, 3.8) is 0 Å². The highest BCUT2D eigenvalue weighted by Crippen LogP contribution is 2.34. The summed E-state index contributed by atoms with van der Waals surface area (Å²) in [4.78, 5) is 2.53. The van der Waals surface area contributed by atoms with Crippen LogP contribution in [0.4, 0.5) is 0 Å². The number of piperidine rings is 1. The molecule has 2 aliphatic rings. The molecule has 2 atom stereocenters. The van der Waals surface area contributed by atoms with Gasteiger partial charge < -0.3 is 9.64 Å². The number of nitrogens with zero attached hydrogens (tertiary/aromatic N) is 1. The van der Waals surface area contributed by atoms with E-state index in [0.29, 0.717) is 0 Å². The van der Waals surface area contributed by atoms with Crippen LogP contribution < -0.4 is 0 Å². The SMILES string of the molecule is CCOC12CCCN(CC1)C2. The molecule has 64 valence electrons. The molecule has 0 aliphatic carbocycles. The van der Waals surface area contributed by atoms with Gasteiger partial charge in [-0.05, 0) is 32.7 Å². The zero-order chi connectivity index (χ0) is 7.73. The molecule has 2 aliphatic heterocycles. The monoisotopic (exact) mass is 155 g/mol. The second-order valence-electron chi connectivity index (χ2n) is 3.75. The van der Waals surface area contributed by atoms with Gasteiger partial charge in [0.2, 0.25) is 0 Å². The Morgan fingerprint density at radius 1 is 1.36 bits per heavy atom. The maximum absolute atomic E-state index is 5.82. The first-order chi connectivity index (χ1) is 5.35. The molecule has 0 radical (unpaired) electrons. The van der Waals surface area contributed by atoms with Gasteiger partial charge in [0, 0.05) is 19.7 Å². The second-order valence-corrected chi connectivity index (χ2v) is 3.75. The lowest BCUT2D eigenvalue weighted by molar-refractivity contribution is -0.0495. The molecule has 2 unspecified atom stereocenters. The molecule has 2 rings (SSSR count). The third-order valence-electron chi connectivity index (χ3n) is 2.95. The van der Waals surface area contributed by atoms with Gasteiger partial charge in [0.05, 0.1) is 5.60 Å². The summed E-state index contributed by atoms with van der Waals surface area (Å²) in [5, 5.41) is 0. The number of hydrogen-bond acceptors (Lipinski definition) is 2. The fraction of sp³-hybridized carbons (Fsp3) is 1.00. The van der Waals surface area contributed by atoms with Gasteiger partial charge in [0.1, 0.15) is 0 Å². The van der Waals surface area contributed by atoms with Gasteiger partial charge in [-0.2, -0.15) is 0 Å². The van der Waals surface area contributed by atoms with E-state index in [1.165, 1.54) is 38.9 Å². The smallest absolute Gasteiger partial charge is 0.0821 e. The molecule has 2 bridgehead atoms. The lowest BCUT2D eigenvalue weighted by Gasteiger charge is -2.33. The average molecular weight is 155 g/mol. The van der Waals surface area contributed by atoms with E-state index in [2.05, 4.69) is 11.8 Å². The van der Waals surface area contributed by atoms with Crippen LogP contribution in [0.3, 0.4) is 0 Å². The Kier molecular flexibility index (Phi) is 1.90. The third kappa shape index (κ3) is 1.30. The minimum Gasteiger partial charge on any atom is -0.374 e. The van der Waals surface area contributed by atoms with Crippen LogP contribution >= 0.6 is 0 Å². The minimum absolute atomic E-state index is 0.271. The molecule has 0 spiro atoms. The molecule has 2 fully saturated rings. The van der Waals surface area contributed by atoms with E-state index in [4.69, 9.17) is 4.74 Å². The third-order valence-corrected chi connectivity index (χ3v) is 2.95. The highest BCUT2D eigenvalue weighted by molar-refractivity contribution is 4.95. The molecule has 2 heterocycles. The molecule has 2 saturated heterocycles. The Hall–Kier alpha value is -0.0800. The molecule has 0 saturated carbocycles. The van der Waals surface area contributed by atoms with Crippen LogP contribution in [-0.4, -0.2) is 36.7 Å². The van der Waals surface area contributed by atoms with Crippen LogP contribution in [0.1, 0.15) is 26.2 Å². The van der Waals surface area contributed by atoms with Crippen LogP contribution in [-0.2, 0) is 4.74 Å². The lowest BCUT2D eigenvalue weighted by atomic mass is 9.95. The van der Waals surface area contributed by atoms with Crippen molar-refractivity contribution in [3.8, 4) is 0 Å². The quantitative estimate of drug-likeness (QED) is 0.595. The van der Waals surface area contributed by atoms with E-state index >= 15 is 0 Å². The first-order valence-electron chi connectivity index (χ1n) is 4.71. The van der Waals surface area contributed by atoms with E-state index in [1.54, 1.807) is 0 Å². The van der Waals surface area contributed by atoms with Gasteiger partial charge in [0.15, 0.2) is 0 Å². The lowest BCUT2D eigenvalue weighted by Crippen LogP contribution is -2.41. The zero-order valence-electron chi connectivity index (χ0n) is 7.31. The number of ether oxygens (including phenoxy) is 1. The van der Waals surface area contributed by atoms with Crippen molar-refractivity contribution in [3.05, 3.63) is 0 Å². The Morgan fingerprint density at radius 3 is 3.09 bits per heavy atom. The predicted molar refractivity (Wildman–Crippen MR) is 44.6 cm³/mol. The van der Waals surface area contributed by atoms with E-state index in [9.17, 15) is 0 Å². The highest BCUT2D eigenvalue weighted by Gasteiger charge is 2.41. The summed E-state index contributed by atoms with van der Waals surface area (Å²) >= 11 is 0. The molecule has 0 amide bonds.